The molecule has 116 valence electrons. The first-order chi connectivity index (χ1) is 11.2. The van der Waals surface area contributed by atoms with Gasteiger partial charge in [0.25, 0.3) is 5.56 Å². The van der Waals surface area contributed by atoms with Crippen LogP contribution in [0.1, 0.15) is 16.1 Å². The molecule has 0 bridgehead atoms. The van der Waals surface area contributed by atoms with Gasteiger partial charge in [-0.2, -0.15) is 0 Å². The smallest absolute Gasteiger partial charge is 0.270 e. The lowest BCUT2D eigenvalue weighted by Crippen LogP contribution is -2.27. The fraction of sp³-hybridized carbons (Fsp3) is 0.118. The Kier molecular flexibility index (Phi) is 4.05. The summed E-state index contributed by atoms with van der Waals surface area (Å²) in [5.74, 6) is 1.10. The fourth-order valence-corrected chi connectivity index (χ4v) is 2.28. The van der Waals surface area contributed by atoms with Crippen molar-refractivity contribution >= 4 is 23.8 Å². The Bertz CT molecular complexity index is 910. The van der Waals surface area contributed by atoms with E-state index >= 15 is 0 Å². The van der Waals surface area contributed by atoms with Gasteiger partial charge in [-0.15, -0.1) is 0 Å². The summed E-state index contributed by atoms with van der Waals surface area (Å²) >= 11 is 0. The minimum Gasteiger partial charge on any atom is -0.465 e. The highest BCUT2D eigenvalue weighted by Gasteiger charge is 2.14. The molecule has 3 aromatic rings. The third-order valence-electron chi connectivity index (χ3n) is 3.43. The number of furan rings is 1. The highest BCUT2D eigenvalue weighted by molar-refractivity contribution is 5.83. The van der Waals surface area contributed by atoms with Crippen molar-refractivity contribution in [1.29, 1.82) is 0 Å². The number of pyridine rings is 1. The van der Waals surface area contributed by atoms with Gasteiger partial charge in [-0.25, -0.2) is 4.98 Å². The number of rotatable bonds is 5. The maximum atomic E-state index is 12.4. The second-order valence-corrected chi connectivity index (χ2v) is 5.00. The second-order valence-electron chi connectivity index (χ2n) is 5.00. The third kappa shape index (κ3) is 2.91. The SMILES string of the molecule is CN(C/C=C/c1ccco1)c1nc2ccccn2c(=O)c1C=O. The van der Waals surface area contributed by atoms with Gasteiger partial charge in [0.1, 0.15) is 22.8 Å². The first-order valence-electron chi connectivity index (χ1n) is 7.08. The molecule has 0 saturated carbocycles. The van der Waals surface area contributed by atoms with Gasteiger partial charge in [-0.1, -0.05) is 12.1 Å². The van der Waals surface area contributed by atoms with Gasteiger partial charge in [0.2, 0.25) is 0 Å². The van der Waals surface area contributed by atoms with E-state index in [0.29, 0.717) is 24.3 Å². The minimum absolute atomic E-state index is 0.0441. The highest BCUT2D eigenvalue weighted by Crippen LogP contribution is 2.13. The summed E-state index contributed by atoms with van der Waals surface area (Å²) in [5.41, 5.74) is 0.171. The van der Waals surface area contributed by atoms with Crippen molar-refractivity contribution < 1.29 is 9.21 Å². The van der Waals surface area contributed by atoms with Crippen LogP contribution in [0.15, 0.2) is 58.1 Å². The van der Waals surface area contributed by atoms with Crippen LogP contribution in [-0.2, 0) is 0 Å². The molecule has 0 fully saturated rings. The molecule has 6 nitrogen and oxygen atoms in total. The van der Waals surface area contributed by atoms with E-state index in [1.807, 2.05) is 18.2 Å². The maximum absolute atomic E-state index is 12.4. The monoisotopic (exact) mass is 309 g/mol. The van der Waals surface area contributed by atoms with E-state index in [9.17, 15) is 9.59 Å². The van der Waals surface area contributed by atoms with Gasteiger partial charge >= 0.3 is 0 Å². The van der Waals surface area contributed by atoms with Crippen LogP contribution < -0.4 is 10.5 Å². The molecular weight excluding hydrogens is 294 g/mol. The molecule has 0 amide bonds. The molecule has 0 atom stereocenters. The van der Waals surface area contributed by atoms with E-state index in [2.05, 4.69) is 4.98 Å². The van der Waals surface area contributed by atoms with Crippen LogP contribution in [0.4, 0.5) is 5.82 Å². The van der Waals surface area contributed by atoms with E-state index in [-0.39, 0.29) is 11.1 Å². The number of carbonyl (C=O) groups is 1. The van der Waals surface area contributed by atoms with Crippen LogP contribution >= 0.6 is 0 Å². The molecule has 0 aromatic carbocycles. The van der Waals surface area contributed by atoms with Crippen molar-refractivity contribution in [3.05, 3.63) is 70.5 Å². The van der Waals surface area contributed by atoms with Crippen molar-refractivity contribution in [1.82, 2.24) is 9.38 Å². The Hall–Kier alpha value is -3.15. The lowest BCUT2D eigenvalue weighted by atomic mass is 10.3. The van der Waals surface area contributed by atoms with Crippen molar-refractivity contribution in [2.45, 2.75) is 0 Å². The van der Waals surface area contributed by atoms with Crippen LogP contribution in [0.3, 0.4) is 0 Å². The van der Waals surface area contributed by atoms with E-state index in [4.69, 9.17) is 4.42 Å². The predicted molar refractivity (Wildman–Crippen MR) is 87.9 cm³/mol. The molecule has 0 N–H and O–H groups in total. The van der Waals surface area contributed by atoms with E-state index in [1.54, 1.807) is 48.7 Å². The largest absolute Gasteiger partial charge is 0.465 e. The Balaban J connectivity index is 1.94. The molecule has 3 heterocycles. The fourth-order valence-electron chi connectivity index (χ4n) is 2.28. The summed E-state index contributed by atoms with van der Waals surface area (Å²) in [6.45, 7) is 0.483. The van der Waals surface area contributed by atoms with Gasteiger partial charge in [-0.3, -0.25) is 14.0 Å². The van der Waals surface area contributed by atoms with Gasteiger partial charge in [0.05, 0.1) is 6.26 Å². The van der Waals surface area contributed by atoms with Gasteiger partial charge in [0, 0.05) is 19.8 Å². The minimum atomic E-state index is -0.373. The summed E-state index contributed by atoms with van der Waals surface area (Å²) in [6.07, 6.45) is 7.45. The van der Waals surface area contributed by atoms with Crippen LogP contribution in [0.5, 0.6) is 0 Å². The first kappa shape index (κ1) is 14.8. The van der Waals surface area contributed by atoms with E-state index < -0.39 is 0 Å². The second kappa shape index (κ2) is 6.31. The summed E-state index contributed by atoms with van der Waals surface area (Å²) < 4.78 is 6.57. The molecule has 0 unspecified atom stereocenters. The first-order valence-corrected chi connectivity index (χ1v) is 7.08. The topological polar surface area (TPSA) is 67.8 Å². The average molecular weight is 309 g/mol. The van der Waals surface area contributed by atoms with Crippen molar-refractivity contribution in [3.63, 3.8) is 0 Å². The molecule has 0 radical (unpaired) electrons. The molecule has 0 aliphatic rings. The zero-order valence-corrected chi connectivity index (χ0v) is 12.5. The molecule has 0 spiro atoms. The summed E-state index contributed by atoms with van der Waals surface area (Å²) in [5, 5.41) is 0. The number of hydrogen-bond acceptors (Lipinski definition) is 5. The Labute approximate surface area is 132 Å². The van der Waals surface area contributed by atoms with Crippen LogP contribution in [0.25, 0.3) is 11.7 Å². The third-order valence-corrected chi connectivity index (χ3v) is 3.43. The number of carbonyl (C=O) groups excluding carboxylic acids is 1. The standard InChI is InChI=1S/C17H15N3O3/c1-19(9-4-6-13-7-5-11-23-13)16-14(12-21)17(22)20-10-3-2-8-15(20)18-16/h2-8,10-12H,9H2,1H3/b6-4+. The van der Waals surface area contributed by atoms with Gasteiger partial charge in [-0.05, 0) is 30.3 Å². The number of fused-ring (bicyclic) bond motifs is 1. The summed E-state index contributed by atoms with van der Waals surface area (Å²) in [4.78, 5) is 29.9. The summed E-state index contributed by atoms with van der Waals surface area (Å²) in [7, 11) is 1.78. The molecule has 0 aliphatic carbocycles. The lowest BCUT2D eigenvalue weighted by Gasteiger charge is -2.18. The number of nitrogens with zero attached hydrogens (tertiary/aromatic N) is 3. The van der Waals surface area contributed by atoms with Crippen LogP contribution in [0.2, 0.25) is 0 Å². The molecular formula is C17H15N3O3. The average Bonchev–Trinajstić information content (AvgIpc) is 3.08. The van der Waals surface area contributed by atoms with Crippen LogP contribution in [0, 0.1) is 0 Å². The van der Waals surface area contributed by atoms with Gasteiger partial charge < -0.3 is 9.32 Å². The number of hydrogen-bond donors (Lipinski definition) is 0. The van der Waals surface area contributed by atoms with Crippen molar-refractivity contribution in [2.75, 3.05) is 18.5 Å². The number of anilines is 1. The molecule has 6 heteroatoms. The van der Waals surface area contributed by atoms with E-state index in [1.165, 1.54) is 4.40 Å². The van der Waals surface area contributed by atoms with Crippen LogP contribution in [-0.4, -0.2) is 29.3 Å². The Morgan fingerprint density at radius 1 is 1.30 bits per heavy atom. The molecule has 3 aromatic heterocycles. The normalized spacial score (nSPS) is 11.2. The molecule has 0 aliphatic heterocycles. The zero-order chi connectivity index (χ0) is 16.2. The van der Waals surface area contributed by atoms with Crippen molar-refractivity contribution in [2.24, 2.45) is 0 Å². The lowest BCUT2D eigenvalue weighted by molar-refractivity contribution is 0.112. The van der Waals surface area contributed by atoms with E-state index in [0.717, 1.165) is 5.76 Å². The zero-order valence-electron chi connectivity index (χ0n) is 12.5. The summed E-state index contributed by atoms with van der Waals surface area (Å²) in [6, 6.07) is 8.89. The van der Waals surface area contributed by atoms with Crippen molar-refractivity contribution in [3.8, 4) is 0 Å². The molecule has 0 saturated heterocycles. The molecule has 23 heavy (non-hydrogen) atoms. The maximum Gasteiger partial charge on any atom is 0.270 e. The van der Waals surface area contributed by atoms with Gasteiger partial charge in [0.15, 0.2) is 6.29 Å². The molecule has 3 rings (SSSR count). The predicted octanol–water partition coefficient (Wildman–Crippen LogP) is 2.25. The number of likely N-dealkylation sites (N-methyl/N-ethyl adjacent to an activating group) is 1. The number of aromatic nitrogens is 2. The quantitative estimate of drug-likeness (QED) is 0.676. The Morgan fingerprint density at radius 3 is 2.91 bits per heavy atom. The Morgan fingerprint density at radius 2 is 2.17 bits per heavy atom. The highest BCUT2D eigenvalue weighted by atomic mass is 16.3. The number of aldehydes is 1.